The molecule has 0 aromatic carbocycles. The molecule has 10 heavy (non-hydrogen) atoms. The lowest BCUT2D eigenvalue weighted by atomic mass is 11.3. The van der Waals surface area contributed by atoms with E-state index in [4.69, 9.17) is 8.91 Å². The Morgan fingerprint density at radius 1 is 1.60 bits per heavy atom. The van der Waals surface area contributed by atoms with Crippen molar-refractivity contribution in [2.24, 2.45) is 0 Å². The summed E-state index contributed by atoms with van der Waals surface area (Å²) in [4.78, 5) is 18.2. The zero-order valence-corrected chi connectivity index (χ0v) is 7.87. The fourth-order valence-electron chi connectivity index (χ4n) is 0.295. The fraction of sp³-hybridized carbons (Fsp3) is 0.200. The predicted molar refractivity (Wildman–Crippen MR) is 43.3 cm³/mol. The fourth-order valence-corrected chi connectivity index (χ4v) is 2.66. The Balaban J connectivity index is 3.86. The summed E-state index contributed by atoms with van der Waals surface area (Å²) >= 11 is 0. The van der Waals surface area contributed by atoms with Crippen molar-refractivity contribution in [3.63, 3.8) is 0 Å². The van der Waals surface area contributed by atoms with Gasteiger partial charge in [0.2, 0.25) is 0 Å². The van der Waals surface area contributed by atoms with Gasteiger partial charge in [0.1, 0.15) is 0 Å². The van der Waals surface area contributed by atoms with Crippen molar-refractivity contribution in [3.05, 3.63) is 24.6 Å². The minimum atomic E-state index is -2.77. The SMILES string of the molecule is C=C[Si](O)O[Si](C)(O)C=C. The van der Waals surface area contributed by atoms with Gasteiger partial charge >= 0.3 is 17.8 Å². The van der Waals surface area contributed by atoms with E-state index >= 15 is 0 Å². The first-order valence-electron chi connectivity index (χ1n) is 2.75. The van der Waals surface area contributed by atoms with Gasteiger partial charge < -0.3 is 13.7 Å². The van der Waals surface area contributed by atoms with Crippen molar-refractivity contribution in [2.45, 2.75) is 6.55 Å². The van der Waals surface area contributed by atoms with E-state index in [2.05, 4.69) is 13.2 Å². The van der Waals surface area contributed by atoms with E-state index in [1.54, 1.807) is 0 Å². The standard InChI is InChI=1S/C5H11O3Si2/c1-4-9(6)8-10(3,7)5-2/h4-7H,1-2H2,3H3. The van der Waals surface area contributed by atoms with Crippen LogP contribution >= 0.6 is 0 Å². The van der Waals surface area contributed by atoms with Crippen LogP contribution < -0.4 is 0 Å². The van der Waals surface area contributed by atoms with Crippen molar-refractivity contribution >= 4 is 17.8 Å². The molecule has 0 amide bonds. The first kappa shape index (κ1) is 9.79. The lowest BCUT2D eigenvalue weighted by Gasteiger charge is -2.16. The van der Waals surface area contributed by atoms with Gasteiger partial charge in [0.05, 0.1) is 0 Å². The molecule has 0 aliphatic carbocycles. The summed E-state index contributed by atoms with van der Waals surface area (Å²) < 4.78 is 4.85. The summed E-state index contributed by atoms with van der Waals surface area (Å²) in [5.41, 5.74) is 2.65. The first-order valence-corrected chi connectivity index (χ1v) is 6.61. The first-order chi connectivity index (χ1) is 4.52. The van der Waals surface area contributed by atoms with Crippen LogP contribution in [0.15, 0.2) is 24.6 Å². The highest BCUT2D eigenvalue weighted by molar-refractivity contribution is 6.76. The van der Waals surface area contributed by atoms with E-state index in [1.807, 2.05) is 0 Å². The third-order valence-electron chi connectivity index (χ3n) is 0.865. The van der Waals surface area contributed by atoms with Gasteiger partial charge in [-0.25, -0.2) is 0 Å². The smallest absolute Gasteiger partial charge is 0.402 e. The summed E-state index contributed by atoms with van der Waals surface area (Å²) in [6.45, 7) is 8.24. The quantitative estimate of drug-likeness (QED) is 0.591. The van der Waals surface area contributed by atoms with Crippen molar-refractivity contribution in [3.8, 4) is 0 Å². The highest BCUT2D eigenvalue weighted by atomic mass is 28.4. The Labute approximate surface area is 63.4 Å². The molecule has 0 rings (SSSR count). The highest BCUT2D eigenvalue weighted by Gasteiger charge is 2.25. The van der Waals surface area contributed by atoms with Crippen molar-refractivity contribution < 1.29 is 13.7 Å². The molecule has 2 N–H and O–H groups in total. The normalized spacial score (nSPS) is 16.4. The minimum absolute atomic E-state index is 1.30. The van der Waals surface area contributed by atoms with E-state index < -0.39 is 17.8 Å². The van der Waals surface area contributed by atoms with Gasteiger partial charge in [0.25, 0.3) is 0 Å². The van der Waals surface area contributed by atoms with Gasteiger partial charge in [0, 0.05) is 0 Å². The number of rotatable bonds is 4. The summed E-state index contributed by atoms with van der Waals surface area (Å²) in [5.74, 6) is 0. The molecule has 1 atom stereocenters. The van der Waals surface area contributed by atoms with Crippen LogP contribution in [-0.2, 0) is 4.12 Å². The van der Waals surface area contributed by atoms with Crippen LogP contribution in [0.1, 0.15) is 0 Å². The Morgan fingerprint density at radius 3 is 2.40 bits per heavy atom. The average Bonchev–Trinajstić information content (AvgIpc) is 1.87. The van der Waals surface area contributed by atoms with Crippen LogP contribution in [-0.4, -0.2) is 27.4 Å². The summed E-state index contributed by atoms with van der Waals surface area (Å²) in [7, 11) is -4.77. The minimum Gasteiger partial charge on any atom is -0.408 e. The average molecular weight is 175 g/mol. The molecular formula is C5H11O3Si2. The molecular weight excluding hydrogens is 164 g/mol. The number of hydrogen-bond acceptors (Lipinski definition) is 3. The maximum Gasteiger partial charge on any atom is 0.402 e. The molecule has 1 unspecified atom stereocenters. The van der Waals surface area contributed by atoms with Crippen LogP contribution in [0.2, 0.25) is 6.55 Å². The number of hydrogen-bond donors (Lipinski definition) is 2. The molecule has 0 fully saturated rings. The molecule has 0 aromatic rings. The van der Waals surface area contributed by atoms with E-state index in [-0.39, 0.29) is 0 Å². The van der Waals surface area contributed by atoms with E-state index in [9.17, 15) is 4.80 Å². The lowest BCUT2D eigenvalue weighted by Crippen LogP contribution is -2.38. The van der Waals surface area contributed by atoms with Crippen LogP contribution in [0.3, 0.4) is 0 Å². The molecule has 0 heterocycles. The van der Waals surface area contributed by atoms with Gasteiger partial charge in [-0.15, -0.1) is 13.2 Å². The van der Waals surface area contributed by atoms with Crippen molar-refractivity contribution in [1.29, 1.82) is 0 Å². The molecule has 0 saturated heterocycles. The van der Waals surface area contributed by atoms with Crippen molar-refractivity contribution in [1.82, 2.24) is 0 Å². The maximum atomic E-state index is 9.24. The second kappa shape index (κ2) is 3.84. The molecule has 5 heteroatoms. The monoisotopic (exact) mass is 175 g/mol. The summed E-state index contributed by atoms with van der Waals surface area (Å²) in [6, 6.07) is 0. The third-order valence-corrected chi connectivity index (χ3v) is 4.46. The zero-order valence-electron chi connectivity index (χ0n) is 5.87. The third kappa shape index (κ3) is 3.75. The summed E-state index contributed by atoms with van der Waals surface area (Å²) in [5, 5.41) is 0. The van der Waals surface area contributed by atoms with Gasteiger partial charge in [-0.1, -0.05) is 5.70 Å². The molecule has 0 bridgehead atoms. The Morgan fingerprint density at radius 2 is 2.10 bits per heavy atom. The maximum absolute atomic E-state index is 9.24. The van der Waals surface area contributed by atoms with E-state index in [0.717, 1.165) is 0 Å². The van der Waals surface area contributed by atoms with Crippen LogP contribution in [0, 0.1) is 0 Å². The molecule has 1 radical (unpaired) electrons. The van der Waals surface area contributed by atoms with Gasteiger partial charge in [0.15, 0.2) is 0 Å². The summed E-state index contributed by atoms with van der Waals surface area (Å²) in [6.07, 6.45) is 0. The van der Waals surface area contributed by atoms with Crippen LogP contribution in [0.4, 0.5) is 0 Å². The molecule has 0 aliphatic heterocycles. The Hall–Kier alpha value is -0.206. The van der Waals surface area contributed by atoms with Crippen LogP contribution in [0.25, 0.3) is 0 Å². The molecule has 57 valence electrons. The van der Waals surface area contributed by atoms with Gasteiger partial charge in [-0.2, -0.15) is 0 Å². The predicted octanol–water partition coefficient (Wildman–Crippen LogP) is -0.00180. The molecule has 0 aliphatic rings. The molecule has 0 saturated carbocycles. The van der Waals surface area contributed by atoms with Crippen molar-refractivity contribution in [2.75, 3.05) is 0 Å². The Bertz CT molecular complexity index is 135. The molecule has 0 aromatic heterocycles. The highest BCUT2D eigenvalue weighted by Crippen LogP contribution is 2.01. The van der Waals surface area contributed by atoms with Crippen LogP contribution in [0.5, 0.6) is 0 Å². The molecule has 3 nitrogen and oxygen atoms in total. The second-order valence-electron chi connectivity index (χ2n) is 1.90. The Kier molecular flexibility index (Phi) is 3.76. The second-order valence-corrected chi connectivity index (χ2v) is 6.32. The lowest BCUT2D eigenvalue weighted by molar-refractivity contribution is 0.353. The van der Waals surface area contributed by atoms with Gasteiger partial charge in [-0.05, 0) is 12.2 Å². The zero-order chi connectivity index (χ0) is 8.20. The van der Waals surface area contributed by atoms with E-state index in [0.29, 0.717) is 0 Å². The van der Waals surface area contributed by atoms with E-state index in [1.165, 1.54) is 17.9 Å². The largest absolute Gasteiger partial charge is 0.408 e. The van der Waals surface area contributed by atoms with Gasteiger partial charge in [-0.3, -0.25) is 0 Å². The topological polar surface area (TPSA) is 49.7 Å². The molecule has 0 spiro atoms.